The van der Waals surface area contributed by atoms with Gasteiger partial charge >= 0.3 is 0 Å². The summed E-state index contributed by atoms with van der Waals surface area (Å²) < 4.78 is 11.5. The Labute approximate surface area is 156 Å². The molecular formula is C19H21BrN2O3. The highest BCUT2D eigenvalue weighted by atomic mass is 79.9. The second-order valence-electron chi connectivity index (χ2n) is 5.36. The molecule has 0 aliphatic carbocycles. The average molecular weight is 405 g/mol. The number of nitrogens with one attached hydrogen (secondary N) is 1. The largest absolute Gasteiger partial charge is 0.497 e. The topological polar surface area (TPSA) is 59.9 Å². The maximum Gasteiger partial charge on any atom is 0.244 e. The number of nitrogens with zero attached hydrogens (tertiary/aromatic N) is 1. The zero-order valence-corrected chi connectivity index (χ0v) is 15.9. The van der Waals surface area contributed by atoms with Crippen LogP contribution in [0.5, 0.6) is 11.5 Å². The molecule has 0 aliphatic heterocycles. The lowest BCUT2D eigenvalue weighted by molar-refractivity contribution is -0.120. The number of benzene rings is 2. The molecule has 0 aliphatic rings. The quantitative estimate of drug-likeness (QED) is 0.535. The van der Waals surface area contributed by atoms with Crippen LogP contribution in [0.4, 0.5) is 0 Å². The molecule has 132 valence electrons. The van der Waals surface area contributed by atoms with Crippen molar-refractivity contribution in [2.24, 2.45) is 5.10 Å². The highest BCUT2D eigenvalue weighted by molar-refractivity contribution is 9.10. The van der Waals surface area contributed by atoms with Gasteiger partial charge in [0.05, 0.1) is 30.8 Å². The summed E-state index contributed by atoms with van der Waals surface area (Å²) in [6.07, 6.45) is 2.81. The van der Waals surface area contributed by atoms with E-state index >= 15 is 0 Å². The molecular weight excluding hydrogens is 384 g/mol. The third-order valence-corrected chi connectivity index (χ3v) is 3.96. The fraction of sp³-hybridized carbons (Fsp3) is 0.263. The molecule has 2 aromatic carbocycles. The number of ether oxygens (including phenoxy) is 2. The lowest BCUT2D eigenvalue weighted by atomic mass is 10.1. The Balaban J connectivity index is 1.86. The Morgan fingerprint density at radius 1 is 1.24 bits per heavy atom. The first-order chi connectivity index (χ1) is 12.1. The summed E-state index contributed by atoms with van der Waals surface area (Å²) in [5.74, 6) is 1.38. The summed E-state index contributed by atoms with van der Waals surface area (Å²) >= 11 is 3.47. The molecule has 0 heterocycles. The van der Waals surface area contributed by atoms with Gasteiger partial charge in [-0.3, -0.25) is 4.79 Å². The number of carbonyl (C=O) groups is 1. The number of methoxy groups -OCH3 is 1. The van der Waals surface area contributed by atoms with E-state index in [1.165, 1.54) is 0 Å². The molecule has 0 fully saturated rings. The first-order valence-corrected chi connectivity index (χ1v) is 8.79. The van der Waals surface area contributed by atoms with Crippen molar-refractivity contribution in [3.63, 3.8) is 0 Å². The van der Waals surface area contributed by atoms with E-state index in [4.69, 9.17) is 9.47 Å². The summed E-state index contributed by atoms with van der Waals surface area (Å²) in [6, 6.07) is 13.0. The minimum atomic E-state index is -0.177. The van der Waals surface area contributed by atoms with Gasteiger partial charge < -0.3 is 9.47 Å². The smallest absolute Gasteiger partial charge is 0.244 e. The normalized spacial score (nSPS) is 10.7. The minimum absolute atomic E-state index is 0.177. The van der Waals surface area contributed by atoms with Crippen LogP contribution in [0.2, 0.25) is 0 Å². The molecule has 0 aromatic heterocycles. The molecule has 0 spiro atoms. The van der Waals surface area contributed by atoms with Crippen LogP contribution in [0.15, 0.2) is 52.0 Å². The minimum Gasteiger partial charge on any atom is -0.497 e. The molecule has 5 nitrogen and oxygen atoms in total. The molecule has 0 radical (unpaired) electrons. The number of halogens is 1. The summed E-state index contributed by atoms with van der Waals surface area (Å²) in [4.78, 5) is 11.9. The Hall–Kier alpha value is -2.34. The summed E-state index contributed by atoms with van der Waals surface area (Å²) in [6.45, 7) is 2.73. The monoisotopic (exact) mass is 404 g/mol. The summed E-state index contributed by atoms with van der Waals surface area (Å²) in [5, 5.41) is 3.99. The van der Waals surface area contributed by atoms with Crippen LogP contribution < -0.4 is 14.9 Å². The van der Waals surface area contributed by atoms with Crippen molar-refractivity contribution in [2.45, 2.75) is 19.8 Å². The number of carbonyl (C=O) groups excluding carboxylic acids is 1. The van der Waals surface area contributed by atoms with E-state index in [9.17, 15) is 4.79 Å². The first kappa shape index (κ1) is 19.0. The third kappa shape index (κ3) is 6.23. The molecule has 0 atom stereocenters. The Kier molecular flexibility index (Phi) is 7.47. The van der Waals surface area contributed by atoms with Gasteiger partial charge in [0.2, 0.25) is 5.91 Å². The van der Waals surface area contributed by atoms with Crippen LogP contribution in [0.25, 0.3) is 0 Å². The maximum atomic E-state index is 11.9. The van der Waals surface area contributed by atoms with Gasteiger partial charge in [-0.1, -0.05) is 19.1 Å². The molecule has 0 bridgehead atoms. The van der Waals surface area contributed by atoms with E-state index in [-0.39, 0.29) is 12.3 Å². The van der Waals surface area contributed by atoms with Crippen molar-refractivity contribution in [3.05, 3.63) is 58.1 Å². The molecule has 0 unspecified atom stereocenters. The molecule has 2 aromatic rings. The van der Waals surface area contributed by atoms with Gasteiger partial charge in [-0.25, -0.2) is 5.43 Å². The van der Waals surface area contributed by atoms with Gasteiger partial charge in [0.15, 0.2) is 0 Å². The van der Waals surface area contributed by atoms with E-state index in [0.717, 1.165) is 33.5 Å². The predicted molar refractivity (Wildman–Crippen MR) is 102 cm³/mol. The lowest BCUT2D eigenvalue weighted by Gasteiger charge is -2.07. The second-order valence-corrected chi connectivity index (χ2v) is 6.21. The van der Waals surface area contributed by atoms with Crippen LogP contribution in [-0.4, -0.2) is 25.8 Å². The van der Waals surface area contributed by atoms with Crippen molar-refractivity contribution in [3.8, 4) is 11.5 Å². The molecule has 25 heavy (non-hydrogen) atoms. The van der Waals surface area contributed by atoms with Crippen LogP contribution in [0.3, 0.4) is 0 Å². The molecule has 1 N–H and O–H groups in total. The lowest BCUT2D eigenvalue weighted by Crippen LogP contribution is -2.19. The van der Waals surface area contributed by atoms with E-state index in [2.05, 4.69) is 33.4 Å². The van der Waals surface area contributed by atoms with Gasteiger partial charge in [-0.15, -0.1) is 0 Å². The third-order valence-electron chi connectivity index (χ3n) is 3.34. The highest BCUT2D eigenvalue weighted by Gasteiger charge is 2.03. The van der Waals surface area contributed by atoms with Crippen LogP contribution in [0, 0.1) is 0 Å². The van der Waals surface area contributed by atoms with Crippen LogP contribution in [-0.2, 0) is 11.2 Å². The van der Waals surface area contributed by atoms with Gasteiger partial charge in [-0.05, 0) is 63.8 Å². The number of hydrogen-bond acceptors (Lipinski definition) is 4. The fourth-order valence-corrected chi connectivity index (χ4v) is 2.58. The standard InChI is InChI=1S/C19H21BrN2O3/c1-3-10-25-18-9-6-15(11-17(18)20)13-21-22-19(23)12-14-4-7-16(24-2)8-5-14/h4-9,11,13H,3,10,12H2,1-2H3,(H,22,23)/b21-13-. The van der Waals surface area contributed by atoms with Crippen molar-refractivity contribution in [2.75, 3.05) is 13.7 Å². The van der Waals surface area contributed by atoms with Crippen LogP contribution in [0.1, 0.15) is 24.5 Å². The Morgan fingerprint density at radius 2 is 2.00 bits per heavy atom. The maximum absolute atomic E-state index is 11.9. The average Bonchev–Trinajstić information content (AvgIpc) is 2.61. The predicted octanol–water partition coefficient (Wildman–Crippen LogP) is 3.94. The van der Waals surface area contributed by atoms with Crippen molar-refractivity contribution >= 4 is 28.1 Å². The summed E-state index contributed by atoms with van der Waals surface area (Å²) in [7, 11) is 1.61. The van der Waals surface area contributed by atoms with Gasteiger partial charge in [0.25, 0.3) is 0 Å². The van der Waals surface area contributed by atoms with E-state index in [1.54, 1.807) is 13.3 Å². The summed E-state index contributed by atoms with van der Waals surface area (Å²) in [5.41, 5.74) is 4.29. The van der Waals surface area contributed by atoms with Crippen molar-refractivity contribution in [1.29, 1.82) is 0 Å². The van der Waals surface area contributed by atoms with E-state index in [0.29, 0.717) is 6.61 Å². The second kappa shape index (κ2) is 9.84. The molecule has 1 amide bonds. The number of amides is 1. The van der Waals surface area contributed by atoms with Crippen molar-refractivity contribution < 1.29 is 14.3 Å². The molecule has 0 saturated heterocycles. The SMILES string of the molecule is CCCOc1ccc(/C=N\NC(=O)Cc2ccc(OC)cc2)cc1Br. The Morgan fingerprint density at radius 3 is 2.64 bits per heavy atom. The van der Waals surface area contributed by atoms with Gasteiger partial charge in [-0.2, -0.15) is 5.10 Å². The van der Waals surface area contributed by atoms with E-state index in [1.807, 2.05) is 42.5 Å². The molecule has 2 rings (SSSR count). The van der Waals surface area contributed by atoms with Crippen molar-refractivity contribution in [1.82, 2.24) is 5.43 Å². The number of rotatable bonds is 8. The Bertz CT molecular complexity index is 730. The zero-order chi connectivity index (χ0) is 18.1. The van der Waals surface area contributed by atoms with Gasteiger partial charge in [0, 0.05) is 0 Å². The highest BCUT2D eigenvalue weighted by Crippen LogP contribution is 2.25. The van der Waals surface area contributed by atoms with Gasteiger partial charge in [0.1, 0.15) is 11.5 Å². The molecule has 0 saturated carbocycles. The fourth-order valence-electron chi connectivity index (χ4n) is 2.07. The molecule has 6 heteroatoms. The number of hydrogen-bond donors (Lipinski definition) is 1. The van der Waals surface area contributed by atoms with E-state index < -0.39 is 0 Å². The number of hydrazone groups is 1. The zero-order valence-electron chi connectivity index (χ0n) is 14.3. The first-order valence-electron chi connectivity index (χ1n) is 7.99. The van der Waals surface area contributed by atoms with Crippen LogP contribution >= 0.6 is 15.9 Å².